The SMILES string of the molecule is CCOC(=O)CCCCCCCCCCCCCCCCCCCCCCCCCCC(=O)OCC. The van der Waals surface area contributed by atoms with Crippen molar-refractivity contribution < 1.29 is 19.1 Å². The number of hydrogen-bond acceptors (Lipinski definition) is 4. The molecule has 0 aromatic carbocycles. The van der Waals surface area contributed by atoms with Gasteiger partial charge in [0.15, 0.2) is 0 Å². The third kappa shape index (κ3) is 29.2. The number of carbonyl (C=O) groups excluding carboxylic acids is 2. The van der Waals surface area contributed by atoms with E-state index in [-0.39, 0.29) is 11.9 Å². The number of unbranched alkanes of at least 4 members (excludes halogenated alkanes) is 23. The summed E-state index contributed by atoms with van der Waals surface area (Å²) in [6, 6.07) is 0. The van der Waals surface area contributed by atoms with Crippen LogP contribution in [-0.4, -0.2) is 25.2 Å². The van der Waals surface area contributed by atoms with Gasteiger partial charge >= 0.3 is 11.9 Å². The summed E-state index contributed by atoms with van der Waals surface area (Å²) in [5.41, 5.74) is 0. The molecule has 214 valence electrons. The second-order valence-electron chi connectivity index (χ2n) is 10.6. The second-order valence-corrected chi connectivity index (χ2v) is 10.6. The third-order valence-corrected chi connectivity index (χ3v) is 7.12. The van der Waals surface area contributed by atoms with Crippen molar-refractivity contribution in [1.82, 2.24) is 0 Å². The zero-order chi connectivity index (χ0) is 26.4. The summed E-state index contributed by atoms with van der Waals surface area (Å²) in [4.78, 5) is 22.5. The third-order valence-electron chi connectivity index (χ3n) is 7.12. The first kappa shape index (κ1) is 34.9. The van der Waals surface area contributed by atoms with Gasteiger partial charge in [0.1, 0.15) is 0 Å². The Bertz CT molecular complexity index is 421. The van der Waals surface area contributed by atoms with Crippen molar-refractivity contribution in [3.05, 3.63) is 0 Å². The molecule has 0 amide bonds. The van der Waals surface area contributed by atoms with Gasteiger partial charge in [-0.25, -0.2) is 0 Å². The molecule has 0 atom stereocenters. The van der Waals surface area contributed by atoms with E-state index >= 15 is 0 Å². The quantitative estimate of drug-likeness (QED) is 0.0741. The molecule has 0 spiro atoms. The van der Waals surface area contributed by atoms with Crippen LogP contribution in [0.1, 0.15) is 181 Å². The smallest absolute Gasteiger partial charge is 0.305 e. The molecule has 4 heteroatoms. The Labute approximate surface area is 225 Å². The highest BCUT2D eigenvalue weighted by Crippen LogP contribution is 2.16. The Morgan fingerprint density at radius 1 is 0.333 bits per heavy atom. The first-order valence-corrected chi connectivity index (χ1v) is 16.0. The fourth-order valence-electron chi connectivity index (χ4n) is 4.89. The molecule has 0 aromatic rings. The summed E-state index contributed by atoms with van der Waals surface area (Å²) in [5, 5.41) is 0. The highest BCUT2D eigenvalue weighted by atomic mass is 16.5. The van der Waals surface area contributed by atoms with Crippen LogP contribution in [0.4, 0.5) is 0 Å². The highest BCUT2D eigenvalue weighted by molar-refractivity contribution is 5.69. The van der Waals surface area contributed by atoms with Crippen molar-refractivity contribution in [2.75, 3.05) is 13.2 Å². The Balaban J connectivity index is 3.08. The highest BCUT2D eigenvalue weighted by Gasteiger charge is 2.02. The fraction of sp³-hybridized carbons (Fsp3) is 0.938. The van der Waals surface area contributed by atoms with Crippen molar-refractivity contribution in [2.45, 2.75) is 181 Å². The lowest BCUT2D eigenvalue weighted by atomic mass is 10.0. The van der Waals surface area contributed by atoms with Crippen LogP contribution in [-0.2, 0) is 19.1 Å². The Kier molecular flexibility index (Phi) is 29.3. The number of ether oxygens (including phenoxy) is 2. The zero-order valence-electron chi connectivity index (χ0n) is 24.4. The molecule has 4 nitrogen and oxygen atoms in total. The number of hydrogen-bond donors (Lipinski definition) is 0. The van der Waals surface area contributed by atoms with E-state index in [0.717, 1.165) is 12.8 Å². The molecule has 0 N–H and O–H groups in total. The predicted molar refractivity (Wildman–Crippen MR) is 153 cm³/mol. The van der Waals surface area contributed by atoms with Crippen molar-refractivity contribution in [2.24, 2.45) is 0 Å². The lowest BCUT2D eigenvalue weighted by molar-refractivity contribution is -0.144. The van der Waals surface area contributed by atoms with E-state index in [1.807, 2.05) is 13.8 Å². The van der Waals surface area contributed by atoms with Crippen molar-refractivity contribution in [1.29, 1.82) is 0 Å². The van der Waals surface area contributed by atoms with Gasteiger partial charge in [-0.15, -0.1) is 0 Å². The standard InChI is InChI=1S/C32H62O4/c1-3-35-31(33)29-27-25-23-21-19-17-15-13-11-9-7-5-6-8-10-12-14-16-18-20-22-24-26-28-30-32(34)36-4-2/h3-30H2,1-2H3. The van der Waals surface area contributed by atoms with Crippen LogP contribution in [0, 0.1) is 0 Å². The van der Waals surface area contributed by atoms with Crippen molar-refractivity contribution in [3.8, 4) is 0 Å². The minimum Gasteiger partial charge on any atom is -0.466 e. The van der Waals surface area contributed by atoms with Gasteiger partial charge in [-0.2, -0.15) is 0 Å². The largest absolute Gasteiger partial charge is 0.466 e. The molecule has 0 bridgehead atoms. The van der Waals surface area contributed by atoms with Crippen LogP contribution in [0.5, 0.6) is 0 Å². The molecule has 0 aromatic heterocycles. The maximum Gasteiger partial charge on any atom is 0.305 e. The Hall–Kier alpha value is -1.06. The van der Waals surface area contributed by atoms with Gasteiger partial charge in [-0.1, -0.05) is 141 Å². The predicted octanol–water partition coefficient (Wildman–Crippen LogP) is 10.3. The average molecular weight is 511 g/mol. The summed E-state index contributed by atoms with van der Waals surface area (Å²) < 4.78 is 9.92. The van der Waals surface area contributed by atoms with Crippen LogP contribution in [0.25, 0.3) is 0 Å². The fourth-order valence-corrected chi connectivity index (χ4v) is 4.89. The number of esters is 2. The van der Waals surface area contributed by atoms with Gasteiger partial charge in [0.2, 0.25) is 0 Å². The van der Waals surface area contributed by atoms with Gasteiger partial charge < -0.3 is 9.47 Å². The zero-order valence-corrected chi connectivity index (χ0v) is 24.4. The maximum atomic E-state index is 11.3. The van der Waals surface area contributed by atoms with E-state index in [4.69, 9.17) is 9.47 Å². The van der Waals surface area contributed by atoms with Crippen LogP contribution in [0.2, 0.25) is 0 Å². The Morgan fingerprint density at radius 2 is 0.500 bits per heavy atom. The van der Waals surface area contributed by atoms with E-state index in [9.17, 15) is 9.59 Å². The normalized spacial score (nSPS) is 11.1. The maximum absolute atomic E-state index is 11.3. The molecule has 0 radical (unpaired) electrons. The Morgan fingerprint density at radius 3 is 0.667 bits per heavy atom. The molecule has 0 fully saturated rings. The summed E-state index contributed by atoms with van der Waals surface area (Å²) in [6.45, 7) is 4.74. The number of carbonyl (C=O) groups is 2. The van der Waals surface area contributed by atoms with E-state index in [2.05, 4.69) is 0 Å². The van der Waals surface area contributed by atoms with Crippen molar-refractivity contribution in [3.63, 3.8) is 0 Å². The summed E-state index contributed by atoms with van der Waals surface area (Å²) in [7, 11) is 0. The molecule has 0 rings (SSSR count). The number of rotatable bonds is 29. The molecule has 0 aliphatic carbocycles. The monoisotopic (exact) mass is 510 g/mol. The average Bonchev–Trinajstić information content (AvgIpc) is 2.86. The summed E-state index contributed by atoms with van der Waals surface area (Å²) >= 11 is 0. The second kappa shape index (κ2) is 30.2. The van der Waals surface area contributed by atoms with E-state index < -0.39 is 0 Å². The summed E-state index contributed by atoms with van der Waals surface area (Å²) in [6.07, 6.45) is 33.2. The molecular weight excluding hydrogens is 448 g/mol. The summed E-state index contributed by atoms with van der Waals surface area (Å²) in [5.74, 6) is -0.0691. The molecule has 0 heterocycles. The van der Waals surface area contributed by atoms with Crippen molar-refractivity contribution >= 4 is 11.9 Å². The van der Waals surface area contributed by atoms with Crippen LogP contribution in [0.15, 0.2) is 0 Å². The molecule has 0 saturated carbocycles. The van der Waals surface area contributed by atoms with E-state index in [1.54, 1.807) is 0 Å². The molecule has 0 aliphatic rings. The molecule has 0 aliphatic heterocycles. The molecule has 36 heavy (non-hydrogen) atoms. The first-order valence-electron chi connectivity index (χ1n) is 16.0. The topological polar surface area (TPSA) is 52.6 Å². The molecule has 0 unspecified atom stereocenters. The molecule has 0 saturated heterocycles. The lowest BCUT2D eigenvalue weighted by Gasteiger charge is -2.05. The minimum atomic E-state index is -0.0346. The van der Waals surface area contributed by atoms with E-state index in [0.29, 0.717) is 26.1 Å². The van der Waals surface area contributed by atoms with Crippen LogP contribution < -0.4 is 0 Å². The van der Waals surface area contributed by atoms with Crippen LogP contribution >= 0.6 is 0 Å². The van der Waals surface area contributed by atoms with Gasteiger partial charge in [0.25, 0.3) is 0 Å². The van der Waals surface area contributed by atoms with E-state index in [1.165, 1.54) is 141 Å². The minimum absolute atomic E-state index is 0.0346. The van der Waals surface area contributed by atoms with Crippen LogP contribution in [0.3, 0.4) is 0 Å². The van der Waals surface area contributed by atoms with Gasteiger partial charge in [0.05, 0.1) is 13.2 Å². The lowest BCUT2D eigenvalue weighted by Crippen LogP contribution is -2.03. The van der Waals surface area contributed by atoms with Gasteiger partial charge in [-0.3, -0.25) is 9.59 Å². The first-order chi connectivity index (χ1) is 17.7. The van der Waals surface area contributed by atoms with Gasteiger partial charge in [0, 0.05) is 12.8 Å². The molecular formula is C32H62O4. The van der Waals surface area contributed by atoms with Gasteiger partial charge in [-0.05, 0) is 26.7 Å².